The van der Waals surface area contributed by atoms with E-state index in [9.17, 15) is 0 Å². The van der Waals surface area contributed by atoms with Crippen molar-refractivity contribution in [3.05, 3.63) is 10.6 Å². The second-order valence-corrected chi connectivity index (χ2v) is 6.58. The predicted octanol–water partition coefficient (Wildman–Crippen LogP) is 2.78. The van der Waals surface area contributed by atoms with Gasteiger partial charge in [0.15, 0.2) is 5.13 Å². The summed E-state index contributed by atoms with van der Waals surface area (Å²) in [5.74, 6) is 0. The Balaban J connectivity index is 2.14. The lowest BCUT2D eigenvalue weighted by molar-refractivity contribution is 0.181. The molecule has 2 heterocycles. The van der Waals surface area contributed by atoms with E-state index in [-0.39, 0.29) is 0 Å². The van der Waals surface area contributed by atoms with Gasteiger partial charge in [-0.2, -0.15) is 0 Å². The summed E-state index contributed by atoms with van der Waals surface area (Å²) in [4.78, 5) is 8.53. The van der Waals surface area contributed by atoms with Gasteiger partial charge in [0.05, 0.1) is 12.3 Å². The summed E-state index contributed by atoms with van der Waals surface area (Å²) >= 11 is 1.81. The molecule has 4 nitrogen and oxygen atoms in total. The van der Waals surface area contributed by atoms with E-state index >= 15 is 0 Å². The predicted molar refractivity (Wildman–Crippen MR) is 80.8 cm³/mol. The van der Waals surface area contributed by atoms with Crippen molar-refractivity contribution in [2.24, 2.45) is 0 Å². The molecule has 0 saturated carbocycles. The molecule has 108 valence electrons. The summed E-state index contributed by atoms with van der Waals surface area (Å²) in [6.07, 6.45) is 2.55. The average molecular weight is 283 g/mol. The SMILES string of the molecule is COCc1nc(N2CCCC2C)sc1CNC(C)C. The van der Waals surface area contributed by atoms with Gasteiger partial charge in [0, 0.05) is 37.2 Å². The molecule has 1 saturated heterocycles. The van der Waals surface area contributed by atoms with Crippen LogP contribution in [0.3, 0.4) is 0 Å². The van der Waals surface area contributed by atoms with Gasteiger partial charge in [-0.1, -0.05) is 13.8 Å². The van der Waals surface area contributed by atoms with Crippen molar-refractivity contribution in [2.45, 2.75) is 58.8 Å². The van der Waals surface area contributed by atoms with Crippen molar-refractivity contribution in [1.29, 1.82) is 0 Å². The van der Waals surface area contributed by atoms with Gasteiger partial charge in [-0.05, 0) is 19.8 Å². The highest BCUT2D eigenvalue weighted by Crippen LogP contribution is 2.32. The van der Waals surface area contributed by atoms with E-state index in [0.717, 1.165) is 23.9 Å². The molecular weight excluding hydrogens is 258 g/mol. The maximum Gasteiger partial charge on any atom is 0.186 e. The van der Waals surface area contributed by atoms with Crippen LogP contribution in [0.1, 0.15) is 44.2 Å². The maximum absolute atomic E-state index is 5.28. The zero-order chi connectivity index (χ0) is 13.8. The topological polar surface area (TPSA) is 37.4 Å². The van der Waals surface area contributed by atoms with Crippen molar-refractivity contribution >= 4 is 16.5 Å². The number of thiazole rings is 1. The molecule has 1 aromatic heterocycles. The highest BCUT2D eigenvalue weighted by atomic mass is 32.1. The lowest BCUT2D eigenvalue weighted by Gasteiger charge is -2.19. The van der Waals surface area contributed by atoms with E-state index in [1.165, 1.54) is 17.7 Å². The van der Waals surface area contributed by atoms with Crippen LogP contribution in [0.5, 0.6) is 0 Å². The van der Waals surface area contributed by atoms with Crippen LogP contribution in [-0.2, 0) is 17.9 Å². The van der Waals surface area contributed by atoms with E-state index < -0.39 is 0 Å². The number of hydrogen-bond acceptors (Lipinski definition) is 5. The molecule has 1 fully saturated rings. The number of anilines is 1. The van der Waals surface area contributed by atoms with Gasteiger partial charge in [0.25, 0.3) is 0 Å². The Bertz CT molecular complexity index is 405. The molecule has 1 unspecified atom stereocenters. The van der Waals surface area contributed by atoms with Crippen molar-refractivity contribution in [1.82, 2.24) is 10.3 Å². The molecule has 1 N–H and O–H groups in total. The molecule has 0 amide bonds. The minimum atomic E-state index is 0.492. The molecule has 19 heavy (non-hydrogen) atoms. The fourth-order valence-electron chi connectivity index (χ4n) is 2.39. The number of rotatable bonds is 6. The van der Waals surface area contributed by atoms with E-state index in [4.69, 9.17) is 9.72 Å². The first-order valence-electron chi connectivity index (χ1n) is 7.09. The summed E-state index contributed by atoms with van der Waals surface area (Å²) in [7, 11) is 1.73. The molecule has 1 atom stereocenters. The minimum Gasteiger partial charge on any atom is -0.378 e. The lowest BCUT2D eigenvalue weighted by Crippen LogP contribution is -2.26. The molecule has 0 bridgehead atoms. The zero-order valence-corrected chi connectivity index (χ0v) is 13.2. The van der Waals surface area contributed by atoms with Gasteiger partial charge >= 0.3 is 0 Å². The van der Waals surface area contributed by atoms with Crippen LogP contribution < -0.4 is 10.2 Å². The molecule has 2 rings (SSSR count). The van der Waals surface area contributed by atoms with Gasteiger partial charge in [0.2, 0.25) is 0 Å². The first kappa shape index (κ1) is 14.8. The quantitative estimate of drug-likeness (QED) is 0.871. The van der Waals surface area contributed by atoms with Crippen LogP contribution in [0, 0.1) is 0 Å². The highest BCUT2D eigenvalue weighted by molar-refractivity contribution is 7.15. The third kappa shape index (κ3) is 3.68. The number of nitrogens with one attached hydrogen (secondary N) is 1. The average Bonchev–Trinajstić information content (AvgIpc) is 2.93. The summed E-state index contributed by atoms with van der Waals surface area (Å²) in [6.45, 7) is 9.25. The standard InChI is InChI=1S/C14H25N3OS/c1-10(2)15-8-13-12(9-18-4)16-14(19-13)17-7-5-6-11(17)3/h10-11,15H,5-9H2,1-4H3. The van der Waals surface area contributed by atoms with Crippen molar-refractivity contribution in [2.75, 3.05) is 18.6 Å². The molecule has 0 aromatic carbocycles. The number of methoxy groups -OCH3 is 1. The van der Waals surface area contributed by atoms with Gasteiger partial charge in [-0.25, -0.2) is 4.98 Å². The Morgan fingerprint density at radius 1 is 1.53 bits per heavy atom. The minimum absolute atomic E-state index is 0.492. The second-order valence-electron chi connectivity index (χ2n) is 5.52. The molecule has 0 spiro atoms. The Hall–Kier alpha value is -0.650. The number of nitrogens with zero attached hydrogens (tertiary/aromatic N) is 2. The van der Waals surface area contributed by atoms with Gasteiger partial charge in [-0.3, -0.25) is 0 Å². The highest BCUT2D eigenvalue weighted by Gasteiger charge is 2.24. The Morgan fingerprint density at radius 3 is 2.89 bits per heavy atom. The smallest absolute Gasteiger partial charge is 0.186 e. The van der Waals surface area contributed by atoms with E-state index in [1.54, 1.807) is 7.11 Å². The maximum atomic E-state index is 5.28. The largest absolute Gasteiger partial charge is 0.378 e. The van der Waals surface area contributed by atoms with E-state index in [2.05, 4.69) is 31.0 Å². The van der Waals surface area contributed by atoms with Gasteiger partial charge in [-0.15, -0.1) is 11.3 Å². The van der Waals surface area contributed by atoms with Gasteiger partial charge in [0.1, 0.15) is 0 Å². The van der Waals surface area contributed by atoms with E-state index in [1.807, 2.05) is 11.3 Å². The van der Waals surface area contributed by atoms with Crippen LogP contribution in [0.15, 0.2) is 0 Å². The third-order valence-corrected chi connectivity index (χ3v) is 4.65. The van der Waals surface area contributed by atoms with Crippen molar-refractivity contribution in [3.8, 4) is 0 Å². The Kier molecular flexibility index (Phi) is 5.19. The molecule has 0 aliphatic carbocycles. The Labute approximate surface area is 120 Å². The van der Waals surface area contributed by atoms with Crippen LogP contribution in [-0.4, -0.2) is 30.7 Å². The van der Waals surface area contributed by atoms with Crippen molar-refractivity contribution < 1.29 is 4.74 Å². The number of ether oxygens (including phenoxy) is 1. The van der Waals surface area contributed by atoms with Crippen LogP contribution in [0.25, 0.3) is 0 Å². The summed E-state index contributed by atoms with van der Waals surface area (Å²) < 4.78 is 5.28. The molecule has 1 aliphatic rings. The number of aromatic nitrogens is 1. The fourth-order valence-corrected chi connectivity index (χ4v) is 3.54. The second kappa shape index (κ2) is 6.68. The van der Waals surface area contributed by atoms with Crippen LogP contribution in [0.2, 0.25) is 0 Å². The van der Waals surface area contributed by atoms with Gasteiger partial charge < -0.3 is 15.0 Å². The molecule has 1 aromatic rings. The summed E-state index contributed by atoms with van der Waals surface area (Å²) in [5.41, 5.74) is 1.09. The van der Waals surface area contributed by atoms with Crippen LogP contribution in [0.4, 0.5) is 5.13 Å². The van der Waals surface area contributed by atoms with Crippen molar-refractivity contribution in [3.63, 3.8) is 0 Å². The molecule has 0 radical (unpaired) electrons. The molecule has 5 heteroatoms. The monoisotopic (exact) mass is 283 g/mol. The first-order chi connectivity index (χ1) is 9.11. The molecular formula is C14H25N3OS. The van der Waals surface area contributed by atoms with E-state index in [0.29, 0.717) is 18.7 Å². The fraction of sp³-hybridized carbons (Fsp3) is 0.786. The Morgan fingerprint density at radius 2 is 2.32 bits per heavy atom. The third-order valence-electron chi connectivity index (χ3n) is 3.52. The zero-order valence-electron chi connectivity index (χ0n) is 12.4. The number of hydrogen-bond donors (Lipinski definition) is 1. The van der Waals surface area contributed by atoms with Crippen LogP contribution >= 0.6 is 11.3 Å². The first-order valence-corrected chi connectivity index (χ1v) is 7.91. The summed E-state index contributed by atoms with van der Waals surface area (Å²) in [6, 6.07) is 1.11. The molecule has 1 aliphatic heterocycles. The normalized spacial score (nSPS) is 19.6. The lowest BCUT2D eigenvalue weighted by atomic mass is 10.2. The summed E-state index contributed by atoms with van der Waals surface area (Å²) in [5, 5.41) is 4.64.